The Morgan fingerprint density at radius 1 is 1.06 bits per heavy atom. The van der Waals surface area contributed by atoms with Gasteiger partial charge in [0.1, 0.15) is 0 Å². The summed E-state index contributed by atoms with van der Waals surface area (Å²) in [4.78, 5) is 46.2. The van der Waals surface area contributed by atoms with Gasteiger partial charge in [-0.1, -0.05) is 12.1 Å². The second kappa shape index (κ2) is 12.0. The molecule has 0 bridgehead atoms. The number of aryl methyl sites for hydroxylation is 1. The topological polar surface area (TPSA) is 101 Å². The van der Waals surface area contributed by atoms with Gasteiger partial charge in [0, 0.05) is 37.1 Å². The number of halogens is 2. The lowest BCUT2D eigenvalue weighted by molar-refractivity contribution is -0.117. The van der Waals surface area contributed by atoms with E-state index < -0.39 is 24.8 Å². The first-order chi connectivity index (χ1) is 17.2. The monoisotopic (exact) mass is 496 g/mol. The third kappa shape index (κ3) is 6.68. The average molecular weight is 497 g/mol. The van der Waals surface area contributed by atoms with Crippen LogP contribution in [-0.4, -0.2) is 54.4 Å². The maximum atomic E-state index is 13.0. The molecule has 36 heavy (non-hydrogen) atoms. The summed E-state index contributed by atoms with van der Waals surface area (Å²) in [5, 5.41) is 2.83. The first kappa shape index (κ1) is 26.4. The number of anilines is 1. The van der Waals surface area contributed by atoms with Gasteiger partial charge in [-0.15, -0.1) is 0 Å². The molecule has 2 aromatic heterocycles. The number of esters is 1. The van der Waals surface area contributed by atoms with E-state index in [2.05, 4.69) is 15.3 Å². The predicted molar refractivity (Wildman–Crippen MR) is 130 cm³/mol. The number of aromatic nitrogens is 2. The van der Waals surface area contributed by atoms with Crippen molar-refractivity contribution in [2.45, 2.75) is 26.7 Å². The first-order valence-electron chi connectivity index (χ1n) is 11.1. The van der Waals surface area contributed by atoms with Crippen LogP contribution in [0.4, 0.5) is 14.5 Å². The Kier molecular flexibility index (Phi) is 8.77. The Bertz CT molecular complexity index is 1230. The van der Waals surface area contributed by atoms with Crippen LogP contribution >= 0.6 is 0 Å². The number of hydrogen-bond acceptors (Lipinski definition) is 6. The van der Waals surface area contributed by atoms with Crippen LogP contribution in [0.15, 0.2) is 54.9 Å². The maximum absolute atomic E-state index is 13.0. The van der Waals surface area contributed by atoms with E-state index in [-0.39, 0.29) is 17.2 Å². The smallest absolute Gasteiger partial charge is 0.340 e. The van der Waals surface area contributed by atoms with Gasteiger partial charge in [0.15, 0.2) is 0 Å². The molecule has 3 rings (SSSR count). The summed E-state index contributed by atoms with van der Waals surface area (Å²) >= 11 is 0. The number of carbonyl (C=O) groups excluding carboxylic acids is 3. The van der Waals surface area contributed by atoms with Crippen LogP contribution in [0.5, 0.6) is 0 Å². The highest BCUT2D eigenvalue weighted by Gasteiger charge is 2.24. The second-order valence-corrected chi connectivity index (χ2v) is 7.99. The van der Waals surface area contributed by atoms with E-state index in [0.717, 1.165) is 30.2 Å². The maximum Gasteiger partial charge on any atom is 0.340 e. The summed E-state index contributed by atoms with van der Waals surface area (Å²) in [6.07, 6.45) is 1.03. The summed E-state index contributed by atoms with van der Waals surface area (Å²) in [5.74, 6) is -1.71. The molecule has 0 saturated carbocycles. The molecule has 0 atom stereocenters. The van der Waals surface area contributed by atoms with Gasteiger partial charge in [0.2, 0.25) is 5.91 Å². The summed E-state index contributed by atoms with van der Waals surface area (Å²) in [6, 6.07) is 11.4. The minimum atomic E-state index is -2.78. The van der Waals surface area contributed by atoms with Crippen LogP contribution in [0, 0.1) is 6.92 Å². The highest BCUT2D eigenvalue weighted by Crippen LogP contribution is 2.28. The Morgan fingerprint density at radius 3 is 2.42 bits per heavy atom. The number of methoxy groups -OCH3 is 1. The highest BCUT2D eigenvalue weighted by molar-refractivity contribution is 6.03. The number of amides is 2. The summed E-state index contributed by atoms with van der Waals surface area (Å²) in [7, 11) is 1.16. The molecule has 188 valence electrons. The van der Waals surface area contributed by atoms with Gasteiger partial charge in [-0.3, -0.25) is 19.6 Å². The molecular formula is C26H26F2N4O4. The van der Waals surface area contributed by atoms with E-state index in [1.807, 2.05) is 19.1 Å². The Hall–Kier alpha value is -4.21. The van der Waals surface area contributed by atoms with Crippen molar-refractivity contribution in [1.82, 2.24) is 15.3 Å². The van der Waals surface area contributed by atoms with Crippen molar-refractivity contribution in [3.05, 3.63) is 77.2 Å². The molecule has 0 radical (unpaired) electrons. The average Bonchev–Trinajstić information content (AvgIpc) is 2.87. The van der Waals surface area contributed by atoms with Gasteiger partial charge in [-0.25, -0.2) is 13.6 Å². The van der Waals surface area contributed by atoms with Gasteiger partial charge in [-0.2, -0.15) is 0 Å². The van der Waals surface area contributed by atoms with Crippen molar-refractivity contribution in [1.29, 1.82) is 0 Å². The number of hydrogen-bond donors (Lipinski definition) is 1. The van der Waals surface area contributed by atoms with Crippen molar-refractivity contribution in [3.8, 4) is 11.3 Å². The van der Waals surface area contributed by atoms with Crippen molar-refractivity contribution in [2.24, 2.45) is 0 Å². The molecule has 0 spiro atoms. The predicted octanol–water partition coefficient (Wildman–Crippen LogP) is 3.83. The van der Waals surface area contributed by atoms with Crippen molar-refractivity contribution in [3.63, 3.8) is 0 Å². The molecule has 8 nitrogen and oxygen atoms in total. The van der Waals surface area contributed by atoms with E-state index in [1.165, 1.54) is 18.3 Å². The van der Waals surface area contributed by atoms with Crippen LogP contribution in [0.1, 0.15) is 38.9 Å². The number of benzene rings is 1. The van der Waals surface area contributed by atoms with Crippen LogP contribution in [0.3, 0.4) is 0 Å². The third-order valence-corrected chi connectivity index (χ3v) is 5.39. The zero-order valence-corrected chi connectivity index (χ0v) is 20.1. The zero-order chi connectivity index (χ0) is 26.2. The largest absolute Gasteiger partial charge is 0.465 e. The summed E-state index contributed by atoms with van der Waals surface area (Å²) < 4.78 is 30.8. The molecule has 0 aliphatic carbocycles. The van der Waals surface area contributed by atoms with Crippen LogP contribution in [-0.2, 0) is 16.0 Å². The number of ether oxygens (including phenoxy) is 1. The fourth-order valence-corrected chi connectivity index (χ4v) is 3.51. The van der Waals surface area contributed by atoms with Gasteiger partial charge >= 0.3 is 5.97 Å². The summed E-state index contributed by atoms with van der Waals surface area (Å²) in [6.45, 7) is 2.61. The van der Waals surface area contributed by atoms with E-state index in [1.54, 1.807) is 24.4 Å². The minimum absolute atomic E-state index is 0.0122. The van der Waals surface area contributed by atoms with Crippen LogP contribution in [0.25, 0.3) is 11.3 Å². The Labute approximate surface area is 207 Å². The van der Waals surface area contributed by atoms with Crippen LogP contribution in [0.2, 0.25) is 0 Å². The fourth-order valence-electron chi connectivity index (χ4n) is 3.51. The molecule has 0 saturated heterocycles. The van der Waals surface area contributed by atoms with E-state index in [0.29, 0.717) is 29.8 Å². The Balaban J connectivity index is 1.76. The van der Waals surface area contributed by atoms with Crippen molar-refractivity contribution >= 4 is 23.5 Å². The SMILES string of the molecule is COC(=O)c1cc(-c2ccc(C(=O)NCCc3ccc(C)nc3)cn2)ccc1N(CC(F)F)C(C)=O. The minimum Gasteiger partial charge on any atom is -0.465 e. The van der Waals surface area contributed by atoms with Gasteiger partial charge in [-0.05, 0) is 49.2 Å². The standard InChI is InChI=1S/C26H26F2N4O4/c1-16-4-5-18(13-30-16)10-11-29-25(34)20-6-8-22(31-14-20)19-7-9-23(21(12-19)26(35)36-3)32(17(2)33)15-24(27)28/h4-9,12-14,24H,10-11,15H2,1-3H3,(H,29,34). The zero-order valence-electron chi connectivity index (χ0n) is 20.1. The quantitative estimate of drug-likeness (QED) is 0.452. The normalized spacial score (nSPS) is 10.7. The fraction of sp³-hybridized carbons (Fsp3) is 0.269. The first-order valence-corrected chi connectivity index (χ1v) is 11.1. The van der Waals surface area contributed by atoms with Crippen molar-refractivity contribution < 1.29 is 27.9 Å². The molecule has 0 unspecified atom stereocenters. The number of alkyl halides is 2. The van der Waals surface area contributed by atoms with E-state index in [9.17, 15) is 23.2 Å². The van der Waals surface area contributed by atoms with Crippen LogP contribution < -0.4 is 10.2 Å². The molecule has 1 aromatic carbocycles. The number of nitrogens with one attached hydrogen (secondary N) is 1. The third-order valence-electron chi connectivity index (χ3n) is 5.39. The number of carbonyl (C=O) groups is 3. The molecular weight excluding hydrogens is 470 g/mol. The molecule has 3 aromatic rings. The van der Waals surface area contributed by atoms with E-state index >= 15 is 0 Å². The summed E-state index contributed by atoms with van der Waals surface area (Å²) in [5.41, 5.74) is 3.17. The molecule has 1 N–H and O–H groups in total. The number of rotatable bonds is 9. The second-order valence-electron chi connectivity index (χ2n) is 7.99. The Morgan fingerprint density at radius 2 is 1.83 bits per heavy atom. The number of pyridine rings is 2. The number of nitrogens with zero attached hydrogens (tertiary/aromatic N) is 3. The highest BCUT2D eigenvalue weighted by atomic mass is 19.3. The molecule has 0 fully saturated rings. The lowest BCUT2D eigenvalue weighted by atomic mass is 10.0. The van der Waals surface area contributed by atoms with Crippen molar-refractivity contribution in [2.75, 3.05) is 25.1 Å². The lowest BCUT2D eigenvalue weighted by Gasteiger charge is -2.23. The van der Waals surface area contributed by atoms with Gasteiger partial charge < -0.3 is 15.0 Å². The van der Waals surface area contributed by atoms with Gasteiger partial charge in [0.25, 0.3) is 12.3 Å². The molecule has 0 aliphatic heterocycles. The van der Waals surface area contributed by atoms with E-state index in [4.69, 9.17) is 4.74 Å². The molecule has 10 heteroatoms. The van der Waals surface area contributed by atoms with Gasteiger partial charge in [0.05, 0.1) is 36.2 Å². The molecule has 2 amide bonds. The molecule has 2 heterocycles. The molecule has 0 aliphatic rings. The lowest BCUT2D eigenvalue weighted by Crippen LogP contribution is -2.34.